The van der Waals surface area contributed by atoms with E-state index < -0.39 is 0 Å². The summed E-state index contributed by atoms with van der Waals surface area (Å²) >= 11 is 1.38. The Morgan fingerprint density at radius 2 is 1.79 bits per heavy atom. The first kappa shape index (κ1) is 19.7. The van der Waals surface area contributed by atoms with Crippen LogP contribution in [-0.2, 0) is 4.79 Å². The third-order valence-electron chi connectivity index (χ3n) is 4.34. The number of methoxy groups -OCH3 is 2. The van der Waals surface area contributed by atoms with E-state index in [2.05, 4.69) is 15.6 Å². The molecule has 0 fully saturated rings. The summed E-state index contributed by atoms with van der Waals surface area (Å²) in [5.74, 6) is 1.15. The van der Waals surface area contributed by atoms with Crippen molar-refractivity contribution in [3.8, 4) is 22.8 Å². The van der Waals surface area contributed by atoms with Crippen LogP contribution in [0.3, 0.4) is 0 Å². The molecule has 0 atom stereocenters. The standard InChI is InChI=1S/C21H23N3O3S/c1-13-6-5-7-14(2)20(13)22-11-19(25)24-21-23-16(12-28-21)15-8-9-17(26-3)18(10-15)27-4/h5-10,12,22H,11H2,1-4H3,(H,23,24,25). The molecule has 146 valence electrons. The summed E-state index contributed by atoms with van der Waals surface area (Å²) in [7, 11) is 3.19. The number of thiazole rings is 1. The Kier molecular flexibility index (Phi) is 6.16. The van der Waals surface area contributed by atoms with Crippen molar-refractivity contribution in [2.45, 2.75) is 13.8 Å². The van der Waals surface area contributed by atoms with E-state index in [1.807, 2.05) is 55.6 Å². The number of carbonyl (C=O) groups excluding carboxylic acids is 1. The van der Waals surface area contributed by atoms with Crippen molar-refractivity contribution in [3.63, 3.8) is 0 Å². The molecular weight excluding hydrogens is 374 g/mol. The van der Waals surface area contributed by atoms with Crippen molar-refractivity contribution in [1.29, 1.82) is 0 Å². The molecular formula is C21H23N3O3S. The first-order chi connectivity index (χ1) is 13.5. The third-order valence-corrected chi connectivity index (χ3v) is 5.09. The van der Waals surface area contributed by atoms with Crippen molar-refractivity contribution in [2.75, 3.05) is 31.4 Å². The first-order valence-electron chi connectivity index (χ1n) is 8.79. The van der Waals surface area contributed by atoms with Gasteiger partial charge in [0.1, 0.15) is 0 Å². The summed E-state index contributed by atoms with van der Waals surface area (Å²) in [6, 6.07) is 11.6. The number of carbonyl (C=O) groups is 1. The SMILES string of the molecule is COc1ccc(-c2csc(NC(=O)CNc3c(C)cccc3C)n2)cc1OC. The Labute approximate surface area is 168 Å². The van der Waals surface area contributed by atoms with Gasteiger partial charge in [-0.05, 0) is 43.2 Å². The predicted molar refractivity (Wildman–Crippen MR) is 114 cm³/mol. The zero-order valence-electron chi connectivity index (χ0n) is 16.3. The van der Waals surface area contributed by atoms with Crippen LogP contribution in [-0.4, -0.2) is 31.7 Å². The Morgan fingerprint density at radius 1 is 1.07 bits per heavy atom. The van der Waals surface area contributed by atoms with Crippen molar-refractivity contribution < 1.29 is 14.3 Å². The number of rotatable bonds is 7. The van der Waals surface area contributed by atoms with E-state index in [0.717, 1.165) is 28.1 Å². The fraction of sp³-hybridized carbons (Fsp3) is 0.238. The van der Waals surface area contributed by atoms with E-state index in [9.17, 15) is 4.79 Å². The second-order valence-electron chi connectivity index (χ2n) is 6.28. The van der Waals surface area contributed by atoms with Crippen molar-refractivity contribution in [3.05, 3.63) is 52.9 Å². The van der Waals surface area contributed by atoms with Crippen LogP contribution in [0.25, 0.3) is 11.3 Å². The van der Waals surface area contributed by atoms with E-state index in [1.54, 1.807) is 14.2 Å². The van der Waals surface area contributed by atoms with Crippen LogP contribution in [0.1, 0.15) is 11.1 Å². The number of amides is 1. The van der Waals surface area contributed by atoms with Crippen LogP contribution in [0.2, 0.25) is 0 Å². The zero-order chi connectivity index (χ0) is 20.1. The molecule has 0 saturated heterocycles. The average molecular weight is 398 g/mol. The quantitative estimate of drug-likeness (QED) is 0.614. The molecule has 0 aliphatic heterocycles. The minimum absolute atomic E-state index is 0.143. The normalized spacial score (nSPS) is 10.4. The van der Waals surface area contributed by atoms with Crippen LogP contribution in [0.15, 0.2) is 41.8 Å². The lowest BCUT2D eigenvalue weighted by molar-refractivity contribution is -0.114. The van der Waals surface area contributed by atoms with Gasteiger partial charge in [0.15, 0.2) is 16.6 Å². The summed E-state index contributed by atoms with van der Waals surface area (Å²) in [6.45, 7) is 4.21. The highest BCUT2D eigenvalue weighted by molar-refractivity contribution is 7.14. The number of ether oxygens (including phenoxy) is 2. The Hall–Kier alpha value is -3.06. The fourth-order valence-corrected chi connectivity index (χ4v) is 3.62. The topological polar surface area (TPSA) is 72.5 Å². The molecule has 6 nitrogen and oxygen atoms in total. The largest absolute Gasteiger partial charge is 0.493 e. The van der Waals surface area contributed by atoms with E-state index in [0.29, 0.717) is 16.6 Å². The highest BCUT2D eigenvalue weighted by Crippen LogP contribution is 2.33. The average Bonchev–Trinajstić information content (AvgIpc) is 3.15. The van der Waals surface area contributed by atoms with Crippen molar-refractivity contribution in [1.82, 2.24) is 4.98 Å². The van der Waals surface area contributed by atoms with Gasteiger partial charge in [0, 0.05) is 16.6 Å². The van der Waals surface area contributed by atoms with Gasteiger partial charge in [-0.2, -0.15) is 0 Å². The molecule has 0 radical (unpaired) electrons. The summed E-state index contributed by atoms with van der Waals surface area (Å²) in [4.78, 5) is 16.8. The minimum atomic E-state index is -0.143. The smallest absolute Gasteiger partial charge is 0.245 e. The molecule has 0 aliphatic rings. The number of nitrogens with one attached hydrogen (secondary N) is 2. The lowest BCUT2D eigenvalue weighted by Gasteiger charge is -2.11. The molecule has 1 heterocycles. The number of hydrogen-bond acceptors (Lipinski definition) is 6. The lowest BCUT2D eigenvalue weighted by Crippen LogP contribution is -2.22. The first-order valence-corrected chi connectivity index (χ1v) is 9.67. The van der Waals surface area contributed by atoms with E-state index in [4.69, 9.17) is 9.47 Å². The number of benzene rings is 2. The lowest BCUT2D eigenvalue weighted by atomic mass is 10.1. The molecule has 1 aromatic heterocycles. The van der Waals surface area contributed by atoms with Crippen molar-refractivity contribution in [2.24, 2.45) is 0 Å². The van der Waals surface area contributed by atoms with Gasteiger partial charge < -0.3 is 20.1 Å². The number of aryl methyl sites for hydroxylation is 2. The maximum absolute atomic E-state index is 12.3. The highest BCUT2D eigenvalue weighted by Gasteiger charge is 2.11. The molecule has 28 heavy (non-hydrogen) atoms. The molecule has 0 spiro atoms. The number of anilines is 2. The minimum Gasteiger partial charge on any atom is -0.493 e. The Bertz CT molecular complexity index is 965. The van der Waals surface area contributed by atoms with Gasteiger partial charge >= 0.3 is 0 Å². The van der Waals surface area contributed by atoms with Crippen molar-refractivity contribution >= 4 is 28.1 Å². The summed E-state index contributed by atoms with van der Waals surface area (Å²) in [6.07, 6.45) is 0. The zero-order valence-corrected chi connectivity index (χ0v) is 17.1. The van der Waals surface area contributed by atoms with Crippen LogP contribution in [0.5, 0.6) is 11.5 Å². The molecule has 3 aromatic rings. The Morgan fingerprint density at radius 3 is 2.46 bits per heavy atom. The molecule has 0 bridgehead atoms. The molecule has 0 saturated carbocycles. The molecule has 2 N–H and O–H groups in total. The number of nitrogens with zero attached hydrogens (tertiary/aromatic N) is 1. The summed E-state index contributed by atoms with van der Waals surface area (Å²) in [5, 5.41) is 8.50. The highest BCUT2D eigenvalue weighted by atomic mass is 32.1. The molecule has 7 heteroatoms. The van der Waals surface area contributed by atoms with E-state index in [-0.39, 0.29) is 12.5 Å². The van der Waals surface area contributed by atoms with Crippen LogP contribution < -0.4 is 20.1 Å². The van der Waals surface area contributed by atoms with E-state index in [1.165, 1.54) is 11.3 Å². The number of aromatic nitrogens is 1. The van der Waals surface area contributed by atoms with E-state index >= 15 is 0 Å². The molecule has 0 unspecified atom stereocenters. The molecule has 0 aliphatic carbocycles. The Balaban J connectivity index is 1.65. The second-order valence-corrected chi connectivity index (χ2v) is 7.13. The number of hydrogen-bond donors (Lipinski definition) is 2. The predicted octanol–water partition coefficient (Wildman–Crippen LogP) is 4.49. The van der Waals surface area contributed by atoms with Gasteiger partial charge in [0.05, 0.1) is 26.5 Å². The van der Waals surface area contributed by atoms with Gasteiger partial charge in [-0.1, -0.05) is 18.2 Å². The summed E-state index contributed by atoms with van der Waals surface area (Å²) < 4.78 is 10.6. The number of para-hydroxylation sites is 1. The molecule has 2 aromatic carbocycles. The third kappa shape index (κ3) is 4.43. The van der Waals surface area contributed by atoms with Crippen LogP contribution in [0.4, 0.5) is 10.8 Å². The maximum Gasteiger partial charge on any atom is 0.245 e. The van der Waals surface area contributed by atoms with Gasteiger partial charge in [-0.15, -0.1) is 11.3 Å². The van der Waals surface area contributed by atoms with Gasteiger partial charge in [-0.25, -0.2) is 4.98 Å². The van der Waals surface area contributed by atoms with Gasteiger partial charge in [0.25, 0.3) is 0 Å². The summed E-state index contributed by atoms with van der Waals surface area (Å²) in [5.41, 5.74) is 4.87. The van der Waals surface area contributed by atoms with Crippen LogP contribution >= 0.6 is 11.3 Å². The van der Waals surface area contributed by atoms with Gasteiger partial charge in [-0.3, -0.25) is 4.79 Å². The molecule has 3 rings (SSSR count). The molecule has 1 amide bonds. The van der Waals surface area contributed by atoms with Crippen LogP contribution in [0, 0.1) is 13.8 Å². The fourth-order valence-electron chi connectivity index (χ4n) is 2.88. The van der Waals surface area contributed by atoms with Gasteiger partial charge in [0.2, 0.25) is 5.91 Å². The second kappa shape index (κ2) is 8.75. The maximum atomic E-state index is 12.3. The monoisotopic (exact) mass is 397 g/mol.